The largest absolute Gasteiger partial charge is 0.374 e. The van der Waals surface area contributed by atoms with Crippen LogP contribution in [0, 0.1) is 0 Å². The quantitative estimate of drug-likeness (QED) is 0.859. The predicted molar refractivity (Wildman–Crippen MR) is 89.4 cm³/mol. The predicted octanol–water partition coefficient (Wildman–Crippen LogP) is 3.75. The van der Waals surface area contributed by atoms with Gasteiger partial charge in [0.05, 0.1) is 12.7 Å². The Labute approximate surface area is 137 Å². The lowest BCUT2D eigenvalue weighted by Crippen LogP contribution is -2.46. The molecule has 21 heavy (non-hydrogen) atoms. The normalized spacial score (nSPS) is 21.4. The number of halogens is 2. The molecule has 2 atom stereocenters. The van der Waals surface area contributed by atoms with Crippen molar-refractivity contribution < 1.29 is 4.74 Å². The Kier molecular flexibility index (Phi) is 6.77. The van der Waals surface area contributed by atoms with E-state index in [-0.39, 0.29) is 12.1 Å². The molecule has 1 saturated heterocycles. The summed E-state index contributed by atoms with van der Waals surface area (Å²) in [6.45, 7) is 9.12. The first kappa shape index (κ1) is 17.0. The Morgan fingerprint density at radius 1 is 1.38 bits per heavy atom. The Morgan fingerprint density at radius 2 is 2.19 bits per heavy atom. The zero-order valence-corrected chi connectivity index (χ0v) is 14.3. The number of benzene rings is 1. The molecule has 1 N–H and O–H groups in total. The highest BCUT2D eigenvalue weighted by Gasteiger charge is 2.21. The van der Waals surface area contributed by atoms with E-state index in [1.165, 1.54) is 0 Å². The standard InChI is InChI=1S/C16H24Cl2N2O/c1-3-16(14-6-5-12(17)9-15(14)18)19-10-13-11-20(4-2)7-8-21-13/h5-6,9,13,16,19H,3-4,7-8,10-11H2,1-2H3. The van der Waals surface area contributed by atoms with Crippen LogP contribution in [0.25, 0.3) is 0 Å². The summed E-state index contributed by atoms with van der Waals surface area (Å²) < 4.78 is 5.83. The molecule has 2 unspecified atom stereocenters. The number of likely N-dealkylation sites (N-methyl/N-ethyl adjacent to an activating group) is 1. The third-order valence-corrected chi connectivity index (χ3v) is 4.57. The average Bonchev–Trinajstić information content (AvgIpc) is 2.49. The molecule has 1 aliphatic heterocycles. The fourth-order valence-electron chi connectivity index (χ4n) is 2.72. The number of nitrogens with one attached hydrogen (secondary N) is 1. The highest BCUT2D eigenvalue weighted by atomic mass is 35.5. The van der Waals surface area contributed by atoms with Gasteiger partial charge in [-0.2, -0.15) is 0 Å². The number of nitrogens with zero attached hydrogens (tertiary/aromatic N) is 1. The van der Waals surface area contributed by atoms with Crippen LogP contribution in [0.1, 0.15) is 31.9 Å². The second-order valence-corrected chi connectivity index (χ2v) is 6.26. The molecule has 118 valence electrons. The zero-order valence-electron chi connectivity index (χ0n) is 12.7. The Morgan fingerprint density at radius 3 is 2.86 bits per heavy atom. The summed E-state index contributed by atoms with van der Waals surface area (Å²) in [4.78, 5) is 2.42. The van der Waals surface area contributed by atoms with Gasteiger partial charge < -0.3 is 10.1 Å². The lowest BCUT2D eigenvalue weighted by atomic mass is 10.0. The van der Waals surface area contributed by atoms with Crippen molar-refractivity contribution in [2.24, 2.45) is 0 Å². The number of morpholine rings is 1. The second kappa shape index (κ2) is 8.35. The summed E-state index contributed by atoms with van der Waals surface area (Å²) in [6, 6.07) is 5.93. The van der Waals surface area contributed by atoms with Gasteiger partial charge in [-0.1, -0.05) is 43.1 Å². The number of rotatable bonds is 6. The molecular weight excluding hydrogens is 307 g/mol. The van der Waals surface area contributed by atoms with Gasteiger partial charge in [-0.3, -0.25) is 4.90 Å². The number of ether oxygens (including phenoxy) is 1. The number of hydrogen-bond donors (Lipinski definition) is 1. The van der Waals surface area contributed by atoms with Crippen LogP contribution in [0.3, 0.4) is 0 Å². The van der Waals surface area contributed by atoms with E-state index in [0.717, 1.165) is 49.8 Å². The van der Waals surface area contributed by atoms with Crippen LogP contribution >= 0.6 is 23.2 Å². The molecule has 0 spiro atoms. The fraction of sp³-hybridized carbons (Fsp3) is 0.625. The minimum atomic E-state index is 0.232. The van der Waals surface area contributed by atoms with Crippen molar-refractivity contribution in [3.05, 3.63) is 33.8 Å². The zero-order chi connectivity index (χ0) is 15.2. The lowest BCUT2D eigenvalue weighted by molar-refractivity contribution is -0.0264. The van der Waals surface area contributed by atoms with E-state index in [1.807, 2.05) is 12.1 Å². The Hall–Kier alpha value is -0.320. The van der Waals surface area contributed by atoms with Crippen LogP contribution in [0.5, 0.6) is 0 Å². The van der Waals surface area contributed by atoms with Crippen molar-refractivity contribution in [2.75, 3.05) is 32.8 Å². The molecule has 1 fully saturated rings. The van der Waals surface area contributed by atoms with E-state index in [0.29, 0.717) is 5.02 Å². The Balaban J connectivity index is 1.93. The molecule has 1 heterocycles. The molecule has 0 radical (unpaired) electrons. The third-order valence-electron chi connectivity index (χ3n) is 4.01. The first-order chi connectivity index (χ1) is 10.1. The maximum atomic E-state index is 6.31. The lowest BCUT2D eigenvalue weighted by Gasteiger charge is -2.33. The van der Waals surface area contributed by atoms with Crippen LogP contribution in [-0.4, -0.2) is 43.8 Å². The summed E-state index contributed by atoms with van der Waals surface area (Å²) in [5, 5.41) is 4.98. The molecule has 5 heteroatoms. The van der Waals surface area contributed by atoms with Gasteiger partial charge in [0, 0.05) is 35.7 Å². The maximum absolute atomic E-state index is 6.31. The monoisotopic (exact) mass is 330 g/mol. The van der Waals surface area contributed by atoms with Crippen LogP contribution in [0.2, 0.25) is 10.0 Å². The molecule has 0 amide bonds. The molecule has 1 aromatic carbocycles. The van der Waals surface area contributed by atoms with E-state index < -0.39 is 0 Å². The van der Waals surface area contributed by atoms with Crippen LogP contribution in [0.15, 0.2) is 18.2 Å². The summed E-state index contributed by atoms with van der Waals surface area (Å²) >= 11 is 12.3. The SMILES string of the molecule is CCC(NCC1CN(CC)CCO1)c1ccc(Cl)cc1Cl. The van der Waals surface area contributed by atoms with Gasteiger partial charge in [-0.25, -0.2) is 0 Å². The molecule has 1 aromatic rings. The highest BCUT2D eigenvalue weighted by molar-refractivity contribution is 6.35. The topological polar surface area (TPSA) is 24.5 Å². The maximum Gasteiger partial charge on any atom is 0.0826 e. The van der Waals surface area contributed by atoms with Crippen molar-refractivity contribution in [3.8, 4) is 0 Å². The van der Waals surface area contributed by atoms with Crippen molar-refractivity contribution in [2.45, 2.75) is 32.4 Å². The molecule has 0 bridgehead atoms. The van der Waals surface area contributed by atoms with Gasteiger partial charge in [0.2, 0.25) is 0 Å². The van der Waals surface area contributed by atoms with Gasteiger partial charge in [-0.05, 0) is 30.7 Å². The van der Waals surface area contributed by atoms with Crippen LogP contribution in [-0.2, 0) is 4.74 Å². The molecule has 2 rings (SSSR count). The molecule has 1 aliphatic rings. The molecule has 0 aromatic heterocycles. The molecule has 3 nitrogen and oxygen atoms in total. The molecular formula is C16H24Cl2N2O. The summed E-state index contributed by atoms with van der Waals surface area (Å²) in [7, 11) is 0. The van der Waals surface area contributed by atoms with E-state index in [1.54, 1.807) is 6.07 Å². The first-order valence-electron chi connectivity index (χ1n) is 7.66. The second-order valence-electron chi connectivity index (χ2n) is 5.42. The molecule has 0 saturated carbocycles. The van der Waals surface area contributed by atoms with Gasteiger partial charge in [0.25, 0.3) is 0 Å². The van der Waals surface area contributed by atoms with Gasteiger partial charge in [0.15, 0.2) is 0 Å². The summed E-state index contributed by atoms with van der Waals surface area (Å²) in [6.07, 6.45) is 1.23. The minimum absolute atomic E-state index is 0.232. The number of hydrogen-bond acceptors (Lipinski definition) is 3. The smallest absolute Gasteiger partial charge is 0.0826 e. The van der Waals surface area contributed by atoms with Crippen molar-refractivity contribution in [1.82, 2.24) is 10.2 Å². The summed E-state index contributed by atoms with van der Waals surface area (Å²) in [5.74, 6) is 0. The van der Waals surface area contributed by atoms with Crippen molar-refractivity contribution in [1.29, 1.82) is 0 Å². The van der Waals surface area contributed by atoms with Gasteiger partial charge in [0.1, 0.15) is 0 Å². The fourth-order valence-corrected chi connectivity index (χ4v) is 3.26. The summed E-state index contributed by atoms with van der Waals surface area (Å²) in [5.41, 5.74) is 1.10. The van der Waals surface area contributed by atoms with Gasteiger partial charge in [-0.15, -0.1) is 0 Å². The van der Waals surface area contributed by atoms with Crippen LogP contribution < -0.4 is 5.32 Å². The van der Waals surface area contributed by atoms with E-state index in [4.69, 9.17) is 27.9 Å². The Bertz CT molecular complexity index is 456. The average molecular weight is 331 g/mol. The first-order valence-corrected chi connectivity index (χ1v) is 8.41. The van der Waals surface area contributed by atoms with E-state index in [9.17, 15) is 0 Å². The van der Waals surface area contributed by atoms with E-state index >= 15 is 0 Å². The van der Waals surface area contributed by atoms with Crippen molar-refractivity contribution in [3.63, 3.8) is 0 Å². The van der Waals surface area contributed by atoms with Crippen molar-refractivity contribution >= 4 is 23.2 Å². The highest BCUT2D eigenvalue weighted by Crippen LogP contribution is 2.28. The van der Waals surface area contributed by atoms with Crippen LogP contribution in [0.4, 0.5) is 0 Å². The van der Waals surface area contributed by atoms with Gasteiger partial charge >= 0.3 is 0 Å². The van der Waals surface area contributed by atoms with E-state index in [2.05, 4.69) is 24.1 Å². The minimum Gasteiger partial charge on any atom is -0.374 e. The molecule has 0 aliphatic carbocycles. The third kappa shape index (κ3) is 4.83.